The van der Waals surface area contributed by atoms with E-state index < -0.39 is 12.1 Å². The zero-order chi connectivity index (χ0) is 12.6. The molecule has 1 aliphatic carbocycles. The lowest BCUT2D eigenvalue weighted by Gasteiger charge is -2.44. The van der Waals surface area contributed by atoms with E-state index in [9.17, 15) is 9.59 Å². The summed E-state index contributed by atoms with van der Waals surface area (Å²) in [6, 6.07) is 0. The molecule has 0 bridgehead atoms. The minimum Gasteiger partial charge on any atom is -0.479 e. The van der Waals surface area contributed by atoms with Crippen LogP contribution in [0, 0.1) is 5.41 Å². The van der Waals surface area contributed by atoms with E-state index in [0.29, 0.717) is 6.54 Å². The topological polar surface area (TPSA) is 66.8 Å². The van der Waals surface area contributed by atoms with Crippen molar-refractivity contribution < 1.29 is 19.4 Å². The van der Waals surface area contributed by atoms with Crippen LogP contribution in [-0.4, -0.2) is 47.2 Å². The van der Waals surface area contributed by atoms with Crippen LogP contribution in [-0.2, 0) is 14.3 Å². The Kier molecular flexibility index (Phi) is 3.12. The van der Waals surface area contributed by atoms with Crippen molar-refractivity contribution >= 4 is 11.9 Å². The lowest BCUT2D eigenvalue weighted by molar-refractivity contribution is -0.171. The molecule has 2 atom stereocenters. The molecule has 0 aromatic rings. The van der Waals surface area contributed by atoms with E-state index in [0.717, 1.165) is 19.3 Å². The highest BCUT2D eigenvalue weighted by molar-refractivity contribution is 5.84. The number of rotatable bonds is 2. The molecule has 0 aromatic heterocycles. The van der Waals surface area contributed by atoms with E-state index in [4.69, 9.17) is 9.84 Å². The summed E-state index contributed by atoms with van der Waals surface area (Å²) < 4.78 is 5.30. The second kappa shape index (κ2) is 4.29. The van der Waals surface area contributed by atoms with Crippen LogP contribution in [0.1, 0.15) is 33.1 Å². The van der Waals surface area contributed by atoms with Gasteiger partial charge in [-0.15, -0.1) is 0 Å². The molecule has 2 fully saturated rings. The predicted molar refractivity (Wildman–Crippen MR) is 60.5 cm³/mol. The van der Waals surface area contributed by atoms with E-state index in [1.807, 2.05) is 6.92 Å². The number of hydrogen-bond donors (Lipinski definition) is 1. The second-order valence-corrected chi connectivity index (χ2v) is 5.40. The maximum atomic E-state index is 12.3. The lowest BCUT2D eigenvalue weighted by atomic mass is 9.69. The summed E-state index contributed by atoms with van der Waals surface area (Å²) >= 11 is 0. The molecule has 0 aromatic carbocycles. The summed E-state index contributed by atoms with van der Waals surface area (Å²) in [6.07, 6.45) is 1.82. The molecule has 2 aliphatic rings. The summed E-state index contributed by atoms with van der Waals surface area (Å²) in [6.45, 7) is 4.44. The standard InChI is InChI=1S/C12H19NO4/c1-8-6-13(7-9(17-8)10(14)15)11(16)12(2)4-3-5-12/h8-9H,3-7H2,1-2H3,(H,14,15)/t8-,9?/m1/s1. The zero-order valence-corrected chi connectivity index (χ0v) is 10.3. The molecule has 1 saturated carbocycles. The van der Waals surface area contributed by atoms with Crippen molar-refractivity contribution in [2.45, 2.75) is 45.3 Å². The Balaban J connectivity index is 2.05. The van der Waals surface area contributed by atoms with Gasteiger partial charge < -0.3 is 14.7 Å². The molecule has 1 unspecified atom stereocenters. The van der Waals surface area contributed by atoms with Crippen LogP contribution in [0.25, 0.3) is 0 Å². The predicted octanol–water partition coefficient (Wildman–Crippen LogP) is 0.877. The number of morpholine rings is 1. The van der Waals surface area contributed by atoms with Gasteiger partial charge in [-0.25, -0.2) is 4.79 Å². The van der Waals surface area contributed by atoms with Crippen molar-refractivity contribution in [2.75, 3.05) is 13.1 Å². The fourth-order valence-electron chi connectivity index (χ4n) is 2.56. The number of carbonyl (C=O) groups is 2. The average molecular weight is 241 g/mol. The monoisotopic (exact) mass is 241 g/mol. The van der Waals surface area contributed by atoms with Crippen LogP contribution >= 0.6 is 0 Å². The fraction of sp³-hybridized carbons (Fsp3) is 0.833. The van der Waals surface area contributed by atoms with Crippen molar-refractivity contribution in [3.05, 3.63) is 0 Å². The first-order valence-corrected chi connectivity index (χ1v) is 6.10. The molecule has 1 aliphatic heterocycles. The quantitative estimate of drug-likeness (QED) is 0.779. The summed E-state index contributed by atoms with van der Waals surface area (Å²) in [5.41, 5.74) is -0.264. The summed E-state index contributed by atoms with van der Waals surface area (Å²) in [7, 11) is 0. The molecular formula is C12H19NO4. The van der Waals surface area contributed by atoms with Crippen LogP contribution in [0.3, 0.4) is 0 Å². The Morgan fingerprint density at radius 3 is 2.47 bits per heavy atom. The first-order chi connectivity index (χ1) is 7.92. The molecule has 5 nitrogen and oxygen atoms in total. The molecule has 1 saturated heterocycles. The van der Waals surface area contributed by atoms with E-state index >= 15 is 0 Å². The number of hydrogen-bond acceptors (Lipinski definition) is 3. The maximum Gasteiger partial charge on any atom is 0.334 e. The molecule has 0 radical (unpaired) electrons. The SMILES string of the molecule is C[C@@H]1CN(C(=O)C2(C)CCC2)CC(C(=O)O)O1. The van der Waals surface area contributed by atoms with Gasteiger partial charge in [-0.3, -0.25) is 4.79 Å². The third-order valence-corrected chi connectivity index (χ3v) is 3.80. The Bertz CT molecular complexity index is 337. The van der Waals surface area contributed by atoms with E-state index in [-0.39, 0.29) is 24.0 Å². The number of carboxylic acids is 1. The van der Waals surface area contributed by atoms with Crippen LogP contribution in [0.15, 0.2) is 0 Å². The highest BCUT2D eigenvalue weighted by Gasteiger charge is 2.44. The second-order valence-electron chi connectivity index (χ2n) is 5.40. The highest BCUT2D eigenvalue weighted by atomic mass is 16.5. The molecule has 2 rings (SSSR count). The molecule has 17 heavy (non-hydrogen) atoms. The third kappa shape index (κ3) is 2.29. The summed E-state index contributed by atoms with van der Waals surface area (Å²) in [4.78, 5) is 24.9. The van der Waals surface area contributed by atoms with Gasteiger partial charge in [0.05, 0.1) is 12.6 Å². The lowest BCUT2D eigenvalue weighted by Crippen LogP contribution is -2.56. The molecule has 0 spiro atoms. The van der Waals surface area contributed by atoms with Crippen molar-refractivity contribution in [1.82, 2.24) is 4.90 Å². The zero-order valence-electron chi connectivity index (χ0n) is 10.3. The normalized spacial score (nSPS) is 31.8. The van der Waals surface area contributed by atoms with E-state index in [1.54, 1.807) is 11.8 Å². The van der Waals surface area contributed by atoms with Crippen LogP contribution in [0.5, 0.6) is 0 Å². The molecule has 96 valence electrons. The van der Waals surface area contributed by atoms with Gasteiger partial charge in [0.2, 0.25) is 5.91 Å². The maximum absolute atomic E-state index is 12.3. The minimum absolute atomic E-state index is 0.0881. The number of ether oxygens (including phenoxy) is 1. The van der Waals surface area contributed by atoms with Gasteiger partial charge in [-0.05, 0) is 19.8 Å². The number of aliphatic carboxylic acids is 1. The summed E-state index contributed by atoms with van der Waals surface area (Å²) in [5, 5.41) is 8.97. The fourth-order valence-corrected chi connectivity index (χ4v) is 2.56. The number of carbonyl (C=O) groups excluding carboxylic acids is 1. The Hall–Kier alpha value is -1.10. The van der Waals surface area contributed by atoms with Crippen LogP contribution in [0.4, 0.5) is 0 Å². The van der Waals surface area contributed by atoms with Gasteiger partial charge in [0.1, 0.15) is 0 Å². The first kappa shape index (κ1) is 12.4. The Labute approximate surface area is 101 Å². The highest BCUT2D eigenvalue weighted by Crippen LogP contribution is 2.42. The summed E-state index contributed by atoms with van der Waals surface area (Å²) in [5.74, 6) is -0.904. The van der Waals surface area contributed by atoms with Crippen molar-refractivity contribution in [3.63, 3.8) is 0 Å². The Morgan fingerprint density at radius 1 is 1.35 bits per heavy atom. The van der Waals surface area contributed by atoms with E-state index in [2.05, 4.69) is 0 Å². The number of nitrogens with zero attached hydrogens (tertiary/aromatic N) is 1. The van der Waals surface area contributed by atoms with Gasteiger partial charge in [0, 0.05) is 12.0 Å². The number of amides is 1. The van der Waals surface area contributed by atoms with Crippen LogP contribution < -0.4 is 0 Å². The van der Waals surface area contributed by atoms with Crippen molar-refractivity contribution in [3.8, 4) is 0 Å². The van der Waals surface area contributed by atoms with Gasteiger partial charge >= 0.3 is 5.97 Å². The third-order valence-electron chi connectivity index (χ3n) is 3.80. The molecule has 1 N–H and O–H groups in total. The van der Waals surface area contributed by atoms with Crippen molar-refractivity contribution in [2.24, 2.45) is 5.41 Å². The van der Waals surface area contributed by atoms with Crippen LogP contribution in [0.2, 0.25) is 0 Å². The average Bonchev–Trinajstić information content (AvgIpc) is 2.24. The molecule has 5 heteroatoms. The number of carboxylic acid groups (broad SMARTS) is 1. The minimum atomic E-state index is -0.992. The van der Waals surface area contributed by atoms with Gasteiger partial charge in [-0.2, -0.15) is 0 Å². The van der Waals surface area contributed by atoms with E-state index in [1.165, 1.54) is 0 Å². The smallest absolute Gasteiger partial charge is 0.334 e. The molecule has 1 amide bonds. The van der Waals surface area contributed by atoms with Crippen molar-refractivity contribution in [1.29, 1.82) is 0 Å². The van der Waals surface area contributed by atoms with Gasteiger partial charge in [0.15, 0.2) is 6.10 Å². The van der Waals surface area contributed by atoms with Gasteiger partial charge in [-0.1, -0.05) is 13.3 Å². The largest absolute Gasteiger partial charge is 0.479 e. The first-order valence-electron chi connectivity index (χ1n) is 6.10. The molecular weight excluding hydrogens is 222 g/mol. The van der Waals surface area contributed by atoms with Gasteiger partial charge in [0.25, 0.3) is 0 Å². The molecule has 1 heterocycles. The Morgan fingerprint density at radius 2 is 2.00 bits per heavy atom.